The van der Waals surface area contributed by atoms with Crippen LogP contribution in [-0.4, -0.2) is 29.7 Å². The van der Waals surface area contributed by atoms with Crippen molar-refractivity contribution < 1.29 is 17.4 Å². The first-order chi connectivity index (χ1) is 13.2. The monoisotopic (exact) mass is 408 g/mol. The highest BCUT2D eigenvalue weighted by Gasteiger charge is 2.37. The molecule has 3 aromatic rings. The molecule has 1 unspecified atom stereocenters. The molecular weight excluding hydrogens is 389 g/mol. The minimum atomic E-state index is -4.69. The normalized spacial score (nSPS) is 13.1. The largest absolute Gasteiger partial charge is 0.453 e. The van der Waals surface area contributed by atoms with Crippen molar-refractivity contribution in [1.29, 1.82) is 0 Å². The first kappa shape index (κ1) is 20.2. The molecule has 5 nitrogen and oxygen atoms in total. The Labute approximate surface area is 163 Å². The first-order valence-electron chi connectivity index (χ1n) is 8.62. The third kappa shape index (κ3) is 4.30. The van der Waals surface area contributed by atoms with E-state index in [4.69, 9.17) is 0 Å². The van der Waals surface area contributed by atoms with Gasteiger partial charge in [0, 0.05) is 16.8 Å². The van der Waals surface area contributed by atoms with Gasteiger partial charge in [-0.1, -0.05) is 26.0 Å². The Bertz CT molecular complexity index is 1000. The summed E-state index contributed by atoms with van der Waals surface area (Å²) in [7, 11) is -1.27. The Hall–Kier alpha value is -2.55. The number of halogens is 3. The van der Waals surface area contributed by atoms with E-state index in [1.54, 1.807) is 36.4 Å². The molecule has 0 bridgehead atoms. The molecular formula is C19H19F3N4OS. The molecule has 3 rings (SSSR count). The quantitative estimate of drug-likeness (QED) is 0.627. The van der Waals surface area contributed by atoms with E-state index in [9.17, 15) is 17.4 Å². The van der Waals surface area contributed by atoms with Crippen LogP contribution in [-0.2, 0) is 17.0 Å². The maximum Gasteiger partial charge on any atom is 0.453 e. The van der Waals surface area contributed by atoms with Crippen molar-refractivity contribution in [1.82, 2.24) is 19.7 Å². The van der Waals surface area contributed by atoms with E-state index >= 15 is 0 Å². The highest BCUT2D eigenvalue weighted by atomic mass is 32.2. The van der Waals surface area contributed by atoms with Gasteiger partial charge in [0.1, 0.15) is 5.69 Å². The number of rotatable bonds is 5. The van der Waals surface area contributed by atoms with E-state index in [0.29, 0.717) is 16.3 Å². The standard InChI is InChI=1S/C19H19F3N4OS/c1-12(2)11-28(27)16-10-14(8-7-13(16)3)26-17(15-6-4-5-9-23-15)24-18(25-26)19(20,21)22/h4-10,12H,11H2,1-3H3. The number of aromatic nitrogens is 4. The van der Waals surface area contributed by atoms with Crippen LogP contribution in [0.5, 0.6) is 0 Å². The Balaban J connectivity index is 2.15. The summed E-state index contributed by atoms with van der Waals surface area (Å²) in [5.74, 6) is -0.602. The van der Waals surface area contributed by atoms with Crippen LogP contribution >= 0.6 is 0 Å². The van der Waals surface area contributed by atoms with Gasteiger partial charge in [0.25, 0.3) is 5.82 Å². The third-order valence-corrected chi connectivity index (χ3v) is 5.80. The Morgan fingerprint density at radius 2 is 1.93 bits per heavy atom. The topological polar surface area (TPSA) is 60.7 Å². The van der Waals surface area contributed by atoms with Crippen molar-refractivity contribution in [2.45, 2.75) is 31.8 Å². The summed E-state index contributed by atoms with van der Waals surface area (Å²) in [5.41, 5.74) is 1.41. The Morgan fingerprint density at radius 1 is 1.18 bits per heavy atom. The predicted octanol–water partition coefficient (Wildman–Crippen LogP) is 4.42. The first-order valence-corrected chi connectivity index (χ1v) is 9.93. The second-order valence-corrected chi connectivity index (χ2v) is 8.20. The van der Waals surface area contributed by atoms with Gasteiger partial charge in [-0.3, -0.25) is 9.19 Å². The molecule has 0 aliphatic carbocycles. The average molecular weight is 408 g/mol. The molecule has 9 heteroatoms. The molecule has 0 amide bonds. The zero-order valence-electron chi connectivity index (χ0n) is 15.6. The molecule has 0 aliphatic heterocycles. The van der Waals surface area contributed by atoms with E-state index in [0.717, 1.165) is 10.2 Å². The lowest BCUT2D eigenvalue weighted by atomic mass is 10.2. The molecule has 0 spiro atoms. The number of pyridine rings is 1. The molecule has 148 valence electrons. The lowest BCUT2D eigenvalue weighted by Crippen LogP contribution is -2.09. The van der Waals surface area contributed by atoms with Crippen LogP contribution in [0.2, 0.25) is 0 Å². The summed E-state index contributed by atoms with van der Waals surface area (Å²) in [6, 6.07) is 9.84. The Morgan fingerprint density at radius 3 is 2.54 bits per heavy atom. The summed E-state index contributed by atoms with van der Waals surface area (Å²) >= 11 is 0. The third-order valence-electron chi connectivity index (χ3n) is 3.90. The van der Waals surface area contributed by atoms with Crippen LogP contribution in [0.4, 0.5) is 13.2 Å². The summed E-state index contributed by atoms with van der Waals surface area (Å²) in [4.78, 5) is 8.33. The second-order valence-electron chi connectivity index (χ2n) is 6.74. The van der Waals surface area contributed by atoms with Crippen molar-refractivity contribution in [2.75, 3.05) is 5.75 Å². The molecule has 1 atom stereocenters. The maximum absolute atomic E-state index is 13.2. The molecule has 28 heavy (non-hydrogen) atoms. The fourth-order valence-corrected chi connectivity index (χ4v) is 4.10. The fourth-order valence-electron chi connectivity index (χ4n) is 2.63. The maximum atomic E-state index is 13.2. The van der Waals surface area contributed by atoms with Gasteiger partial charge in [0.15, 0.2) is 5.82 Å². The average Bonchev–Trinajstić information content (AvgIpc) is 3.08. The molecule has 0 aliphatic rings. The number of hydrogen-bond donors (Lipinski definition) is 0. The highest BCUT2D eigenvalue weighted by Crippen LogP contribution is 2.30. The van der Waals surface area contributed by atoms with Gasteiger partial charge in [-0.15, -0.1) is 5.10 Å². The molecule has 0 saturated carbocycles. The van der Waals surface area contributed by atoms with Crippen molar-refractivity contribution in [3.8, 4) is 17.2 Å². The van der Waals surface area contributed by atoms with Crippen molar-refractivity contribution in [3.05, 3.63) is 54.0 Å². The number of alkyl halides is 3. The van der Waals surface area contributed by atoms with E-state index in [2.05, 4.69) is 15.1 Å². The van der Waals surface area contributed by atoms with E-state index in [1.807, 2.05) is 20.8 Å². The zero-order chi connectivity index (χ0) is 20.5. The number of nitrogens with zero attached hydrogens (tertiary/aromatic N) is 4. The number of benzene rings is 1. The van der Waals surface area contributed by atoms with Crippen LogP contribution in [0.15, 0.2) is 47.5 Å². The van der Waals surface area contributed by atoms with Gasteiger partial charge in [-0.05, 0) is 42.7 Å². The van der Waals surface area contributed by atoms with Crippen LogP contribution in [0.25, 0.3) is 17.2 Å². The highest BCUT2D eigenvalue weighted by molar-refractivity contribution is 7.85. The Kier molecular flexibility index (Phi) is 5.64. The van der Waals surface area contributed by atoms with Gasteiger partial charge in [-0.25, -0.2) is 9.67 Å². The summed E-state index contributed by atoms with van der Waals surface area (Å²) in [6.45, 7) is 5.74. The van der Waals surface area contributed by atoms with E-state index in [-0.39, 0.29) is 17.4 Å². The molecule has 0 radical (unpaired) electrons. The minimum Gasteiger partial charge on any atom is -0.254 e. The van der Waals surface area contributed by atoms with Crippen molar-refractivity contribution in [3.63, 3.8) is 0 Å². The SMILES string of the molecule is Cc1ccc(-n2nc(C(F)(F)F)nc2-c2ccccn2)cc1S(=O)CC(C)C. The summed E-state index contributed by atoms with van der Waals surface area (Å²) < 4.78 is 53.4. The predicted molar refractivity (Wildman–Crippen MR) is 100 cm³/mol. The van der Waals surface area contributed by atoms with Gasteiger partial charge in [0.05, 0.1) is 16.5 Å². The minimum absolute atomic E-state index is 0.0302. The van der Waals surface area contributed by atoms with Gasteiger partial charge < -0.3 is 0 Å². The van der Waals surface area contributed by atoms with Gasteiger partial charge >= 0.3 is 6.18 Å². The van der Waals surface area contributed by atoms with Gasteiger partial charge in [0.2, 0.25) is 0 Å². The molecule has 0 fully saturated rings. The second kappa shape index (κ2) is 7.83. The van der Waals surface area contributed by atoms with Crippen LogP contribution in [0.3, 0.4) is 0 Å². The van der Waals surface area contributed by atoms with Crippen LogP contribution < -0.4 is 0 Å². The van der Waals surface area contributed by atoms with Crippen LogP contribution in [0.1, 0.15) is 25.2 Å². The lowest BCUT2D eigenvalue weighted by molar-refractivity contribution is -0.144. The van der Waals surface area contributed by atoms with E-state index in [1.165, 1.54) is 6.20 Å². The molecule has 2 aromatic heterocycles. The zero-order valence-corrected chi connectivity index (χ0v) is 16.4. The molecule has 1 aromatic carbocycles. The molecule has 2 heterocycles. The lowest BCUT2D eigenvalue weighted by Gasteiger charge is -2.11. The van der Waals surface area contributed by atoms with Crippen LogP contribution in [0, 0.1) is 12.8 Å². The summed E-state index contributed by atoms with van der Waals surface area (Å²) in [6.07, 6.45) is -3.22. The number of hydrogen-bond acceptors (Lipinski definition) is 4. The van der Waals surface area contributed by atoms with Gasteiger partial charge in [-0.2, -0.15) is 13.2 Å². The van der Waals surface area contributed by atoms with E-state index < -0.39 is 22.8 Å². The van der Waals surface area contributed by atoms with Crippen molar-refractivity contribution >= 4 is 10.8 Å². The fraction of sp³-hybridized carbons (Fsp3) is 0.316. The van der Waals surface area contributed by atoms with Crippen molar-refractivity contribution in [2.24, 2.45) is 5.92 Å². The summed E-state index contributed by atoms with van der Waals surface area (Å²) in [5, 5.41) is 3.66. The molecule has 0 N–H and O–H groups in total. The number of aryl methyl sites for hydroxylation is 1. The smallest absolute Gasteiger partial charge is 0.254 e. The molecule has 0 saturated heterocycles.